The first kappa shape index (κ1) is 13.1. The SMILES string of the molecule is COc1ncnc(N)c1-c1cnn(Cc2ccccc2)c1. The minimum atomic E-state index is 0.376. The molecule has 0 spiro atoms. The van der Waals surface area contributed by atoms with Gasteiger partial charge in [0.05, 0.1) is 25.4 Å². The summed E-state index contributed by atoms with van der Waals surface area (Å²) in [6.45, 7) is 0.691. The Morgan fingerprint density at radius 1 is 1.19 bits per heavy atom. The van der Waals surface area contributed by atoms with Gasteiger partial charge in [-0.1, -0.05) is 30.3 Å². The Bertz CT molecular complexity index is 739. The van der Waals surface area contributed by atoms with Gasteiger partial charge in [0.2, 0.25) is 5.88 Å². The van der Waals surface area contributed by atoms with Crippen LogP contribution in [0.15, 0.2) is 49.1 Å². The molecular formula is C15H15N5O. The topological polar surface area (TPSA) is 78.8 Å². The van der Waals surface area contributed by atoms with E-state index in [9.17, 15) is 0 Å². The number of benzene rings is 1. The molecule has 2 heterocycles. The van der Waals surface area contributed by atoms with E-state index in [2.05, 4.69) is 27.2 Å². The zero-order valence-electron chi connectivity index (χ0n) is 11.6. The third-order valence-corrected chi connectivity index (χ3v) is 3.14. The Labute approximate surface area is 122 Å². The second-order valence-electron chi connectivity index (χ2n) is 4.56. The predicted octanol–water partition coefficient (Wildman–Crippen LogP) is 1.98. The quantitative estimate of drug-likeness (QED) is 0.791. The molecular weight excluding hydrogens is 266 g/mol. The van der Waals surface area contributed by atoms with E-state index in [1.807, 2.05) is 29.1 Å². The van der Waals surface area contributed by atoms with Crippen molar-refractivity contribution in [2.75, 3.05) is 12.8 Å². The van der Waals surface area contributed by atoms with Crippen LogP contribution in [0.4, 0.5) is 5.82 Å². The van der Waals surface area contributed by atoms with Crippen LogP contribution in [0.2, 0.25) is 0 Å². The standard InChI is InChI=1S/C15H15N5O/c1-21-15-13(14(16)17-10-18-15)12-7-19-20(9-12)8-11-5-3-2-4-6-11/h2-7,9-10H,8H2,1H3,(H2,16,17,18). The average molecular weight is 281 g/mol. The first-order valence-electron chi connectivity index (χ1n) is 6.49. The molecule has 0 unspecified atom stereocenters. The van der Waals surface area contributed by atoms with E-state index in [-0.39, 0.29) is 0 Å². The van der Waals surface area contributed by atoms with Crippen LogP contribution in [0.5, 0.6) is 5.88 Å². The number of aromatic nitrogens is 4. The van der Waals surface area contributed by atoms with E-state index in [4.69, 9.17) is 10.5 Å². The largest absolute Gasteiger partial charge is 0.480 e. The maximum absolute atomic E-state index is 5.92. The summed E-state index contributed by atoms with van der Waals surface area (Å²) in [5.41, 5.74) is 8.60. The van der Waals surface area contributed by atoms with Crippen LogP contribution in [-0.4, -0.2) is 26.9 Å². The molecule has 0 bridgehead atoms. The van der Waals surface area contributed by atoms with Gasteiger partial charge in [-0.3, -0.25) is 4.68 Å². The van der Waals surface area contributed by atoms with Gasteiger partial charge in [0.25, 0.3) is 0 Å². The van der Waals surface area contributed by atoms with Gasteiger partial charge in [0, 0.05) is 11.8 Å². The number of nitrogens with zero attached hydrogens (tertiary/aromatic N) is 4. The van der Waals surface area contributed by atoms with E-state index in [1.165, 1.54) is 11.9 Å². The third kappa shape index (κ3) is 2.69. The first-order chi connectivity index (χ1) is 10.3. The molecule has 106 valence electrons. The summed E-state index contributed by atoms with van der Waals surface area (Å²) in [7, 11) is 1.56. The molecule has 0 fully saturated rings. The molecule has 6 heteroatoms. The highest BCUT2D eigenvalue weighted by Crippen LogP contribution is 2.31. The van der Waals surface area contributed by atoms with Crippen LogP contribution in [-0.2, 0) is 6.54 Å². The number of anilines is 1. The Balaban J connectivity index is 1.92. The van der Waals surface area contributed by atoms with Gasteiger partial charge in [-0.05, 0) is 5.56 Å². The molecule has 0 saturated heterocycles. The van der Waals surface area contributed by atoms with Crippen LogP contribution < -0.4 is 10.5 Å². The number of methoxy groups -OCH3 is 1. The fourth-order valence-electron chi connectivity index (χ4n) is 2.16. The lowest BCUT2D eigenvalue weighted by Gasteiger charge is -2.06. The number of nitrogen functional groups attached to an aromatic ring is 1. The van der Waals surface area contributed by atoms with Crippen LogP contribution >= 0.6 is 0 Å². The smallest absolute Gasteiger partial charge is 0.226 e. The number of hydrogen-bond donors (Lipinski definition) is 1. The zero-order chi connectivity index (χ0) is 14.7. The molecule has 0 aliphatic heterocycles. The van der Waals surface area contributed by atoms with E-state index < -0.39 is 0 Å². The second kappa shape index (κ2) is 5.62. The third-order valence-electron chi connectivity index (χ3n) is 3.14. The summed E-state index contributed by atoms with van der Waals surface area (Å²) in [6, 6.07) is 10.1. The van der Waals surface area contributed by atoms with Gasteiger partial charge < -0.3 is 10.5 Å². The fraction of sp³-hybridized carbons (Fsp3) is 0.133. The van der Waals surface area contributed by atoms with Crippen molar-refractivity contribution in [2.24, 2.45) is 0 Å². The van der Waals surface area contributed by atoms with Gasteiger partial charge in [-0.15, -0.1) is 0 Å². The molecule has 0 amide bonds. The van der Waals surface area contributed by atoms with E-state index in [1.54, 1.807) is 13.3 Å². The molecule has 0 radical (unpaired) electrons. The number of ether oxygens (including phenoxy) is 1. The van der Waals surface area contributed by atoms with Gasteiger partial charge in [0.1, 0.15) is 12.1 Å². The van der Waals surface area contributed by atoms with Crippen molar-refractivity contribution < 1.29 is 4.74 Å². The molecule has 3 rings (SSSR count). The van der Waals surface area contributed by atoms with Crippen molar-refractivity contribution in [3.8, 4) is 17.0 Å². The van der Waals surface area contributed by atoms with E-state index in [0.29, 0.717) is 23.8 Å². The predicted molar refractivity (Wildman–Crippen MR) is 79.8 cm³/mol. The molecule has 0 aliphatic rings. The highest BCUT2D eigenvalue weighted by Gasteiger charge is 2.14. The van der Waals surface area contributed by atoms with E-state index >= 15 is 0 Å². The molecule has 1 aromatic carbocycles. The normalized spacial score (nSPS) is 10.5. The molecule has 2 aromatic heterocycles. The molecule has 6 nitrogen and oxygen atoms in total. The van der Waals surface area contributed by atoms with Crippen molar-refractivity contribution in [3.63, 3.8) is 0 Å². The summed E-state index contributed by atoms with van der Waals surface area (Å²) in [4.78, 5) is 8.08. The summed E-state index contributed by atoms with van der Waals surface area (Å²) >= 11 is 0. The van der Waals surface area contributed by atoms with Gasteiger partial charge in [-0.25, -0.2) is 9.97 Å². The monoisotopic (exact) mass is 281 g/mol. The summed E-state index contributed by atoms with van der Waals surface area (Å²) in [6.07, 6.45) is 5.02. The van der Waals surface area contributed by atoms with Crippen LogP contribution in [0.3, 0.4) is 0 Å². The Hall–Kier alpha value is -2.89. The van der Waals surface area contributed by atoms with Crippen molar-refractivity contribution in [3.05, 3.63) is 54.6 Å². The van der Waals surface area contributed by atoms with Crippen molar-refractivity contribution in [2.45, 2.75) is 6.54 Å². The highest BCUT2D eigenvalue weighted by molar-refractivity contribution is 5.77. The number of hydrogen-bond acceptors (Lipinski definition) is 5. The molecule has 0 saturated carbocycles. The second-order valence-corrected chi connectivity index (χ2v) is 4.56. The summed E-state index contributed by atoms with van der Waals surface area (Å²) in [5.74, 6) is 0.822. The van der Waals surface area contributed by atoms with E-state index in [0.717, 1.165) is 5.56 Å². The minimum Gasteiger partial charge on any atom is -0.480 e. The summed E-state index contributed by atoms with van der Waals surface area (Å²) < 4.78 is 7.08. The van der Waals surface area contributed by atoms with Crippen molar-refractivity contribution in [1.29, 1.82) is 0 Å². The molecule has 0 atom stereocenters. The summed E-state index contributed by atoms with van der Waals surface area (Å²) in [5, 5.41) is 4.35. The Kier molecular flexibility index (Phi) is 3.51. The van der Waals surface area contributed by atoms with Gasteiger partial charge in [0.15, 0.2) is 0 Å². The lowest BCUT2D eigenvalue weighted by Crippen LogP contribution is -2.00. The van der Waals surface area contributed by atoms with Crippen LogP contribution in [0.25, 0.3) is 11.1 Å². The van der Waals surface area contributed by atoms with Crippen molar-refractivity contribution >= 4 is 5.82 Å². The van der Waals surface area contributed by atoms with Crippen molar-refractivity contribution in [1.82, 2.24) is 19.7 Å². The lowest BCUT2D eigenvalue weighted by atomic mass is 10.1. The zero-order valence-corrected chi connectivity index (χ0v) is 11.6. The molecule has 21 heavy (non-hydrogen) atoms. The molecule has 0 aliphatic carbocycles. The molecule has 2 N–H and O–H groups in total. The van der Waals surface area contributed by atoms with Crippen LogP contribution in [0, 0.1) is 0 Å². The van der Waals surface area contributed by atoms with Gasteiger partial charge >= 0.3 is 0 Å². The highest BCUT2D eigenvalue weighted by atomic mass is 16.5. The fourth-order valence-corrected chi connectivity index (χ4v) is 2.16. The van der Waals surface area contributed by atoms with Gasteiger partial charge in [-0.2, -0.15) is 5.10 Å². The maximum atomic E-state index is 5.92. The molecule has 3 aromatic rings. The minimum absolute atomic E-state index is 0.376. The first-order valence-corrected chi connectivity index (χ1v) is 6.49. The lowest BCUT2D eigenvalue weighted by molar-refractivity contribution is 0.399. The number of nitrogens with two attached hydrogens (primary N) is 1. The number of rotatable bonds is 4. The Morgan fingerprint density at radius 2 is 2.00 bits per heavy atom. The average Bonchev–Trinajstić information content (AvgIpc) is 2.96. The Morgan fingerprint density at radius 3 is 2.76 bits per heavy atom. The maximum Gasteiger partial charge on any atom is 0.226 e. The van der Waals surface area contributed by atoms with Crippen LogP contribution in [0.1, 0.15) is 5.56 Å².